The number of carbonyl (C=O) groups is 1. The van der Waals surface area contributed by atoms with Crippen LogP contribution in [0.4, 0.5) is 4.39 Å². The first-order chi connectivity index (χ1) is 16.6. The maximum absolute atomic E-state index is 13.0. The Bertz CT molecular complexity index is 1150. The molecule has 0 atom stereocenters. The van der Waals surface area contributed by atoms with Gasteiger partial charge in [0.1, 0.15) is 30.7 Å². The van der Waals surface area contributed by atoms with Gasteiger partial charge in [-0.2, -0.15) is 0 Å². The number of ether oxygens (including phenoxy) is 2. The zero-order chi connectivity index (χ0) is 23.3. The van der Waals surface area contributed by atoms with Crippen molar-refractivity contribution in [3.05, 3.63) is 71.1 Å². The molecule has 1 amide bonds. The molecule has 2 aliphatic rings. The lowest BCUT2D eigenvalue weighted by Gasteiger charge is -2.22. The van der Waals surface area contributed by atoms with Gasteiger partial charge in [0, 0.05) is 45.6 Å². The third-order valence-electron chi connectivity index (χ3n) is 6.16. The molecule has 1 aromatic heterocycles. The van der Waals surface area contributed by atoms with Crippen molar-refractivity contribution in [1.29, 1.82) is 0 Å². The van der Waals surface area contributed by atoms with E-state index in [9.17, 15) is 9.18 Å². The van der Waals surface area contributed by atoms with E-state index >= 15 is 0 Å². The van der Waals surface area contributed by atoms with Crippen molar-refractivity contribution in [2.45, 2.75) is 32.4 Å². The molecule has 3 aromatic rings. The Morgan fingerprint density at radius 2 is 1.76 bits per heavy atom. The molecule has 0 radical (unpaired) electrons. The van der Waals surface area contributed by atoms with Crippen molar-refractivity contribution in [3.63, 3.8) is 0 Å². The summed E-state index contributed by atoms with van der Waals surface area (Å²) in [6.07, 6.45) is 1.67. The lowest BCUT2D eigenvalue weighted by atomic mass is 10.1. The van der Waals surface area contributed by atoms with E-state index < -0.39 is 0 Å². The highest BCUT2D eigenvalue weighted by atomic mass is 19.1. The molecule has 9 heteroatoms. The highest BCUT2D eigenvalue weighted by Crippen LogP contribution is 2.31. The van der Waals surface area contributed by atoms with Crippen molar-refractivity contribution in [1.82, 2.24) is 25.0 Å². The summed E-state index contributed by atoms with van der Waals surface area (Å²) in [5.41, 5.74) is 1.99. The van der Waals surface area contributed by atoms with Gasteiger partial charge in [-0.25, -0.2) is 4.39 Å². The van der Waals surface area contributed by atoms with E-state index in [0.29, 0.717) is 26.2 Å². The zero-order valence-corrected chi connectivity index (χ0v) is 19.0. The van der Waals surface area contributed by atoms with E-state index in [2.05, 4.69) is 37.1 Å². The maximum Gasteiger partial charge on any atom is 0.224 e. The molecule has 3 heterocycles. The van der Waals surface area contributed by atoms with Gasteiger partial charge in [-0.15, -0.1) is 10.2 Å². The Balaban J connectivity index is 1.12. The molecule has 8 nitrogen and oxygen atoms in total. The minimum absolute atomic E-state index is 0.0900. The largest absolute Gasteiger partial charge is 0.486 e. The van der Waals surface area contributed by atoms with E-state index in [-0.39, 0.29) is 18.1 Å². The van der Waals surface area contributed by atoms with E-state index in [0.717, 1.165) is 61.3 Å². The van der Waals surface area contributed by atoms with Gasteiger partial charge in [0.15, 0.2) is 11.5 Å². The molecule has 0 spiro atoms. The van der Waals surface area contributed by atoms with Crippen LogP contribution in [0.1, 0.15) is 22.8 Å². The van der Waals surface area contributed by atoms with Crippen molar-refractivity contribution < 1.29 is 18.7 Å². The second-order valence-corrected chi connectivity index (χ2v) is 8.59. The average molecular weight is 466 g/mol. The molecule has 0 aliphatic carbocycles. The third-order valence-corrected chi connectivity index (χ3v) is 6.16. The second kappa shape index (κ2) is 10.2. The molecule has 5 rings (SSSR count). The monoisotopic (exact) mass is 465 g/mol. The van der Waals surface area contributed by atoms with E-state index in [1.165, 1.54) is 17.7 Å². The minimum Gasteiger partial charge on any atom is -0.486 e. The quantitative estimate of drug-likeness (QED) is 0.576. The number of hydrogen-bond acceptors (Lipinski definition) is 6. The van der Waals surface area contributed by atoms with Gasteiger partial charge in [-0.1, -0.05) is 18.2 Å². The highest BCUT2D eigenvalue weighted by Gasteiger charge is 2.20. The standard InChI is InChI=1S/C25H28FN5O3/c26-20-4-1-18(2-5-20)16-25(32)27-9-7-23-28-29-24-8-10-30(11-12-31(23)24)17-19-3-6-21-22(15-19)34-14-13-33-21/h1-6,15H,7-14,16-17H2,(H,27,32). The van der Waals surface area contributed by atoms with Gasteiger partial charge in [0.25, 0.3) is 0 Å². The number of carbonyl (C=O) groups excluding carboxylic acids is 1. The van der Waals surface area contributed by atoms with Crippen LogP contribution in [0.5, 0.6) is 11.5 Å². The molecule has 1 N–H and O–H groups in total. The number of nitrogens with one attached hydrogen (secondary N) is 1. The van der Waals surface area contributed by atoms with E-state index in [1.54, 1.807) is 12.1 Å². The normalized spacial score (nSPS) is 15.4. The molecule has 0 bridgehead atoms. The van der Waals surface area contributed by atoms with Crippen molar-refractivity contribution in [2.24, 2.45) is 0 Å². The summed E-state index contributed by atoms with van der Waals surface area (Å²) in [6, 6.07) is 12.1. The summed E-state index contributed by atoms with van der Waals surface area (Å²) in [4.78, 5) is 14.6. The Hall–Kier alpha value is -3.46. The summed E-state index contributed by atoms with van der Waals surface area (Å²) in [7, 11) is 0. The number of benzene rings is 2. The molecule has 0 saturated carbocycles. The van der Waals surface area contributed by atoms with Crippen molar-refractivity contribution in [2.75, 3.05) is 32.8 Å². The van der Waals surface area contributed by atoms with E-state index in [4.69, 9.17) is 9.47 Å². The van der Waals surface area contributed by atoms with Crippen LogP contribution in [0.3, 0.4) is 0 Å². The topological polar surface area (TPSA) is 81.5 Å². The molecule has 2 aromatic carbocycles. The molecule has 0 unspecified atom stereocenters. The van der Waals surface area contributed by atoms with Gasteiger partial charge < -0.3 is 19.4 Å². The molecule has 0 fully saturated rings. The van der Waals surface area contributed by atoms with Gasteiger partial charge in [-0.3, -0.25) is 9.69 Å². The van der Waals surface area contributed by atoms with Crippen LogP contribution < -0.4 is 14.8 Å². The van der Waals surface area contributed by atoms with Crippen LogP contribution in [0, 0.1) is 5.82 Å². The Kier molecular flexibility index (Phi) is 6.71. The van der Waals surface area contributed by atoms with Crippen LogP contribution in [-0.2, 0) is 37.1 Å². The number of amides is 1. The minimum atomic E-state index is -0.304. The fraction of sp³-hybridized carbons (Fsp3) is 0.400. The molecular formula is C25H28FN5O3. The summed E-state index contributed by atoms with van der Waals surface area (Å²) in [5, 5.41) is 11.7. The predicted octanol–water partition coefficient (Wildman–Crippen LogP) is 2.15. The summed E-state index contributed by atoms with van der Waals surface area (Å²) >= 11 is 0. The summed E-state index contributed by atoms with van der Waals surface area (Å²) in [5.74, 6) is 3.11. The first kappa shape index (κ1) is 22.3. The number of hydrogen-bond donors (Lipinski definition) is 1. The molecule has 2 aliphatic heterocycles. The van der Waals surface area contributed by atoms with Crippen LogP contribution >= 0.6 is 0 Å². The number of fused-ring (bicyclic) bond motifs is 2. The van der Waals surface area contributed by atoms with Gasteiger partial charge >= 0.3 is 0 Å². The second-order valence-electron chi connectivity index (χ2n) is 8.59. The zero-order valence-electron chi connectivity index (χ0n) is 19.0. The third kappa shape index (κ3) is 5.36. The Morgan fingerprint density at radius 3 is 2.62 bits per heavy atom. The first-order valence-electron chi connectivity index (χ1n) is 11.7. The van der Waals surface area contributed by atoms with Crippen LogP contribution in [0.25, 0.3) is 0 Å². The number of rotatable bonds is 7. The number of halogens is 1. The SMILES string of the molecule is O=C(Cc1ccc(F)cc1)NCCc1nnc2n1CCN(Cc1ccc3c(c1)OCCO3)CC2. The van der Waals surface area contributed by atoms with Crippen molar-refractivity contribution >= 4 is 5.91 Å². The molecular weight excluding hydrogens is 437 g/mol. The average Bonchev–Trinajstić information content (AvgIpc) is 3.12. The maximum atomic E-state index is 13.0. The van der Waals surface area contributed by atoms with Gasteiger partial charge in [0.2, 0.25) is 5.91 Å². The number of aromatic nitrogens is 3. The smallest absolute Gasteiger partial charge is 0.224 e. The lowest BCUT2D eigenvalue weighted by Crippen LogP contribution is -2.29. The molecule has 34 heavy (non-hydrogen) atoms. The van der Waals surface area contributed by atoms with Crippen LogP contribution in [-0.4, -0.2) is 58.4 Å². The fourth-order valence-electron chi connectivity index (χ4n) is 4.38. The van der Waals surface area contributed by atoms with Crippen molar-refractivity contribution in [3.8, 4) is 11.5 Å². The predicted molar refractivity (Wildman–Crippen MR) is 123 cm³/mol. The first-order valence-corrected chi connectivity index (χ1v) is 11.7. The molecule has 178 valence electrons. The van der Waals surface area contributed by atoms with Gasteiger partial charge in [-0.05, 0) is 35.4 Å². The Morgan fingerprint density at radius 1 is 0.971 bits per heavy atom. The van der Waals surface area contributed by atoms with E-state index in [1.807, 2.05) is 6.07 Å². The van der Waals surface area contributed by atoms with Crippen LogP contribution in [0.15, 0.2) is 42.5 Å². The highest BCUT2D eigenvalue weighted by molar-refractivity contribution is 5.78. The lowest BCUT2D eigenvalue weighted by molar-refractivity contribution is -0.120. The fourth-order valence-corrected chi connectivity index (χ4v) is 4.38. The van der Waals surface area contributed by atoms with Crippen LogP contribution in [0.2, 0.25) is 0 Å². The molecule has 0 saturated heterocycles. The number of nitrogens with zero attached hydrogens (tertiary/aromatic N) is 4. The Labute approximate surface area is 197 Å². The summed E-state index contributed by atoms with van der Waals surface area (Å²) in [6.45, 7) is 5.11. The van der Waals surface area contributed by atoms with Gasteiger partial charge in [0.05, 0.1) is 6.42 Å². The summed E-state index contributed by atoms with van der Waals surface area (Å²) < 4.78 is 26.5.